The number of nitrogens with zero attached hydrogens (tertiary/aromatic N) is 1. The van der Waals surface area contributed by atoms with Gasteiger partial charge in [0.1, 0.15) is 0 Å². The Hall–Kier alpha value is -1.82. The molecule has 1 aliphatic rings. The predicted octanol–water partition coefficient (Wildman–Crippen LogP) is 3.09. The summed E-state index contributed by atoms with van der Waals surface area (Å²) in [6.45, 7) is 0. The summed E-state index contributed by atoms with van der Waals surface area (Å²) in [5.41, 5.74) is 10.0. The zero-order valence-corrected chi connectivity index (χ0v) is 13.1. The van der Waals surface area contributed by atoms with E-state index in [0.29, 0.717) is 11.3 Å². The molecule has 1 amide bonds. The number of hydrogen-bond donors (Lipinski definition) is 1. The molecule has 0 saturated heterocycles. The van der Waals surface area contributed by atoms with Crippen molar-refractivity contribution in [3.63, 3.8) is 0 Å². The maximum Gasteiger partial charge on any atom is 0.260 e. The van der Waals surface area contributed by atoms with Gasteiger partial charge in [-0.25, -0.2) is 0 Å². The van der Waals surface area contributed by atoms with Crippen LogP contribution in [0.5, 0.6) is 0 Å². The van der Waals surface area contributed by atoms with Gasteiger partial charge in [0, 0.05) is 16.2 Å². The summed E-state index contributed by atoms with van der Waals surface area (Å²) in [6, 6.07) is 15.6. The van der Waals surface area contributed by atoms with Crippen molar-refractivity contribution in [3.05, 3.63) is 63.2 Å². The number of carbonyl (C=O) groups is 1. The van der Waals surface area contributed by atoms with Crippen LogP contribution in [0.3, 0.4) is 0 Å². The molecule has 0 aliphatic carbocycles. The maximum atomic E-state index is 12.4. The lowest BCUT2D eigenvalue weighted by atomic mass is 10.0. The first kappa shape index (κ1) is 13.2. The smallest absolute Gasteiger partial charge is 0.260 e. The van der Waals surface area contributed by atoms with Gasteiger partial charge in [-0.15, -0.1) is 0 Å². The third-order valence-corrected chi connectivity index (χ3v) is 4.20. The van der Waals surface area contributed by atoms with Crippen LogP contribution in [0.25, 0.3) is 11.3 Å². The van der Waals surface area contributed by atoms with E-state index in [1.807, 2.05) is 48.5 Å². The number of halogens is 1. The molecule has 0 unspecified atom stereocenters. The van der Waals surface area contributed by atoms with Crippen molar-refractivity contribution in [2.45, 2.75) is 0 Å². The lowest BCUT2D eigenvalue weighted by Crippen LogP contribution is -2.21. The van der Waals surface area contributed by atoms with Crippen LogP contribution >= 0.6 is 22.6 Å². The number of carbonyl (C=O) groups excluding carboxylic acids is 1. The number of rotatable bonds is 1. The number of para-hydroxylation sites is 1. The minimum Gasteiger partial charge on any atom is -0.398 e. The molecule has 0 radical (unpaired) electrons. The van der Waals surface area contributed by atoms with Crippen LogP contribution in [0, 0.1) is 3.57 Å². The van der Waals surface area contributed by atoms with E-state index in [0.717, 1.165) is 20.4 Å². The molecule has 2 aromatic rings. The minimum absolute atomic E-state index is 0.0535. The molecule has 3 rings (SSSR count). The maximum absolute atomic E-state index is 12.4. The van der Waals surface area contributed by atoms with Gasteiger partial charge >= 0.3 is 0 Å². The standard InChI is InChI=1S/C16H13IN2O/c1-19-13-5-3-2-4-12(13)14(16(19)20)15(18)10-6-8-11(17)9-7-10/h2-9H,18H2,1H3/b15-14+. The van der Waals surface area contributed by atoms with Gasteiger partial charge in [0.15, 0.2) is 0 Å². The topological polar surface area (TPSA) is 46.3 Å². The van der Waals surface area contributed by atoms with Crippen LogP contribution in [0.2, 0.25) is 0 Å². The van der Waals surface area contributed by atoms with E-state index >= 15 is 0 Å². The average Bonchev–Trinajstić information content (AvgIpc) is 2.72. The molecule has 0 saturated carbocycles. The number of fused-ring (bicyclic) bond motifs is 1. The Kier molecular flexibility index (Phi) is 3.25. The van der Waals surface area contributed by atoms with Gasteiger partial charge in [0.2, 0.25) is 0 Å². The molecule has 0 atom stereocenters. The first-order valence-electron chi connectivity index (χ1n) is 6.22. The van der Waals surface area contributed by atoms with Gasteiger partial charge in [-0.3, -0.25) is 4.79 Å². The summed E-state index contributed by atoms with van der Waals surface area (Å²) in [7, 11) is 1.77. The first-order chi connectivity index (χ1) is 9.59. The first-order valence-corrected chi connectivity index (χ1v) is 7.30. The fourth-order valence-electron chi connectivity index (χ4n) is 2.40. The molecule has 3 nitrogen and oxygen atoms in total. The van der Waals surface area contributed by atoms with Crippen molar-refractivity contribution >= 4 is 45.5 Å². The SMILES string of the molecule is CN1C(=O)/C(=C(/N)c2ccc(I)cc2)c2ccccc21. The van der Waals surface area contributed by atoms with Gasteiger partial charge in [0.25, 0.3) is 5.91 Å². The second kappa shape index (κ2) is 4.94. The molecular weight excluding hydrogens is 363 g/mol. The quantitative estimate of drug-likeness (QED) is 0.614. The van der Waals surface area contributed by atoms with E-state index < -0.39 is 0 Å². The Bertz CT molecular complexity index is 720. The van der Waals surface area contributed by atoms with E-state index in [2.05, 4.69) is 22.6 Å². The zero-order valence-electron chi connectivity index (χ0n) is 10.9. The van der Waals surface area contributed by atoms with E-state index in [1.54, 1.807) is 11.9 Å². The third kappa shape index (κ3) is 2.00. The molecule has 0 fully saturated rings. The fraction of sp³-hybridized carbons (Fsp3) is 0.0625. The summed E-state index contributed by atoms with van der Waals surface area (Å²) in [5, 5.41) is 0. The molecule has 1 aliphatic heterocycles. The molecule has 0 spiro atoms. The highest BCUT2D eigenvalue weighted by Gasteiger charge is 2.31. The largest absolute Gasteiger partial charge is 0.398 e. The molecule has 4 heteroatoms. The lowest BCUT2D eigenvalue weighted by Gasteiger charge is -2.09. The Labute approximate surface area is 131 Å². The Morgan fingerprint density at radius 2 is 1.75 bits per heavy atom. The number of amides is 1. The lowest BCUT2D eigenvalue weighted by molar-refractivity contribution is -0.112. The molecule has 0 aromatic heterocycles. The van der Waals surface area contributed by atoms with Crippen molar-refractivity contribution < 1.29 is 4.79 Å². The summed E-state index contributed by atoms with van der Waals surface area (Å²) in [5.74, 6) is -0.0535. The average molecular weight is 376 g/mol. The van der Waals surface area contributed by atoms with Crippen molar-refractivity contribution in [2.75, 3.05) is 11.9 Å². The zero-order chi connectivity index (χ0) is 14.3. The Balaban J connectivity index is 2.20. The van der Waals surface area contributed by atoms with Gasteiger partial charge in [-0.1, -0.05) is 30.3 Å². The summed E-state index contributed by atoms with van der Waals surface area (Å²) < 4.78 is 1.14. The second-order valence-electron chi connectivity index (χ2n) is 4.68. The van der Waals surface area contributed by atoms with Crippen molar-refractivity contribution in [1.82, 2.24) is 0 Å². The van der Waals surface area contributed by atoms with Crippen LogP contribution in [-0.2, 0) is 4.79 Å². The van der Waals surface area contributed by atoms with Crippen LogP contribution < -0.4 is 10.6 Å². The van der Waals surface area contributed by atoms with Crippen molar-refractivity contribution in [1.29, 1.82) is 0 Å². The van der Waals surface area contributed by atoms with Crippen molar-refractivity contribution in [2.24, 2.45) is 5.73 Å². The number of anilines is 1. The van der Waals surface area contributed by atoms with E-state index in [4.69, 9.17) is 5.73 Å². The second-order valence-corrected chi connectivity index (χ2v) is 5.92. The predicted molar refractivity (Wildman–Crippen MR) is 90.0 cm³/mol. The molecule has 0 bridgehead atoms. The normalized spacial score (nSPS) is 16.3. The van der Waals surface area contributed by atoms with Gasteiger partial charge in [-0.05, 0) is 46.4 Å². The molecular formula is C16H13IN2O. The molecule has 2 aromatic carbocycles. The monoisotopic (exact) mass is 376 g/mol. The highest BCUT2D eigenvalue weighted by molar-refractivity contribution is 14.1. The Morgan fingerprint density at radius 3 is 2.45 bits per heavy atom. The van der Waals surface area contributed by atoms with E-state index in [-0.39, 0.29) is 5.91 Å². The van der Waals surface area contributed by atoms with Gasteiger partial charge in [0.05, 0.1) is 17.0 Å². The summed E-state index contributed by atoms with van der Waals surface area (Å²) in [6.07, 6.45) is 0. The number of hydrogen-bond acceptors (Lipinski definition) is 2. The summed E-state index contributed by atoms with van der Waals surface area (Å²) >= 11 is 2.24. The van der Waals surface area contributed by atoms with Crippen molar-refractivity contribution in [3.8, 4) is 0 Å². The fourth-order valence-corrected chi connectivity index (χ4v) is 2.76. The van der Waals surface area contributed by atoms with Crippen LogP contribution in [0.4, 0.5) is 5.69 Å². The molecule has 20 heavy (non-hydrogen) atoms. The van der Waals surface area contributed by atoms with E-state index in [9.17, 15) is 4.79 Å². The highest BCUT2D eigenvalue weighted by atomic mass is 127. The van der Waals surface area contributed by atoms with Gasteiger partial charge < -0.3 is 10.6 Å². The minimum atomic E-state index is -0.0535. The van der Waals surface area contributed by atoms with Crippen LogP contribution in [0.15, 0.2) is 48.5 Å². The third-order valence-electron chi connectivity index (χ3n) is 3.48. The number of nitrogens with two attached hydrogens (primary N) is 1. The molecule has 1 heterocycles. The summed E-state index contributed by atoms with van der Waals surface area (Å²) in [4.78, 5) is 14.1. The molecule has 2 N–H and O–H groups in total. The highest BCUT2D eigenvalue weighted by Crippen LogP contribution is 2.38. The van der Waals surface area contributed by atoms with Gasteiger partial charge in [-0.2, -0.15) is 0 Å². The number of benzene rings is 2. The number of likely N-dealkylation sites (N-methyl/N-ethyl adjacent to an activating group) is 1. The van der Waals surface area contributed by atoms with Crippen LogP contribution in [0.1, 0.15) is 11.1 Å². The van der Waals surface area contributed by atoms with E-state index in [1.165, 1.54) is 0 Å². The molecule has 100 valence electrons. The Morgan fingerprint density at radius 1 is 1.10 bits per heavy atom. The van der Waals surface area contributed by atoms with Crippen LogP contribution in [-0.4, -0.2) is 13.0 Å².